The van der Waals surface area contributed by atoms with Gasteiger partial charge in [-0.05, 0) is 48.9 Å². The van der Waals surface area contributed by atoms with Gasteiger partial charge in [-0.25, -0.2) is 0 Å². The van der Waals surface area contributed by atoms with Crippen molar-refractivity contribution in [2.24, 2.45) is 5.10 Å². The van der Waals surface area contributed by atoms with Crippen LogP contribution in [0.5, 0.6) is 5.75 Å². The maximum absolute atomic E-state index is 13.3. The largest absolute Gasteiger partial charge is 0.489 e. The molecule has 2 aromatic rings. The average molecular weight is 403 g/mol. The number of alkyl halides is 3. The Hall–Kier alpha value is -3.38. The summed E-state index contributed by atoms with van der Waals surface area (Å²) < 4.78 is 45.6. The van der Waals surface area contributed by atoms with E-state index in [-0.39, 0.29) is 22.9 Å². The fraction of sp³-hybridized carbons (Fsp3) is 0.250. The zero-order chi connectivity index (χ0) is 21.2. The van der Waals surface area contributed by atoms with Crippen molar-refractivity contribution >= 4 is 11.6 Å². The number of ether oxygens (including phenoxy) is 1. The number of hydrogen-bond donors (Lipinski definition) is 1. The van der Waals surface area contributed by atoms with E-state index in [1.54, 1.807) is 30.3 Å². The van der Waals surface area contributed by atoms with Gasteiger partial charge in [0.25, 0.3) is 11.6 Å². The standard InChI is InChI=1S/C20H16F3N3O3/c1-13-10-19(28,20(21,22)23)26(25-13)18(27)16-4-2-3-15(9-16)12-29-17-7-5-14(11-24)6-8-17/h2-9,28H,10,12H2,1H3. The lowest BCUT2D eigenvalue weighted by atomic mass is 10.1. The fourth-order valence-corrected chi connectivity index (χ4v) is 2.86. The van der Waals surface area contributed by atoms with Gasteiger partial charge in [-0.1, -0.05) is 12.1 Å². The van der Waals surface area contributed by atoms with E-state index in [0.29, 0.717) is 16.9 Å². The number of rotatable bonds is 4. The number of halogens is 3. The van der Waals surface area contributed by atoms with Crippen molar-refractivity contribution in [3.8, 4) is 11.8 Å². The number of hydrazone groups is 1. The number of carbonyl (C=O) groups is 1. The van der Waals surface area contributed by atoms with Gasteiger partial charge in [0.2, 0.25) is 0 Å². The number of aliphatic hydroxyl groups is 1. The molecule has 29 heavy (non-hydrogen) atoms. The van der Waals surface area contributed by atoms with E-state index in [1.807, 2.05) is 6.07 Å². The molecular formula is C20H16F3N3O3. The molecule has 0 aliphatic carbocycles. The highest BCUT2D eigenvalue weighted by atomic mass is 19.4. The van der Waals surface area contributed by atoms with E-state index in [4.69, 9.17) is 10.00 Å². The predicted molar refractivity (Wildman–Crippen MR) is 96.8 cm³/mol. The van der Waals surface area contributed by atoms with Crippen molar-refractivity contribution in [2.45, 2.75) is 31.9 Å². The van der Waals surface area contributed by atoms with Crippen LogP contribution in [0, 0.1) is 11.3 Å². The van der Waals surface area contributed by atoms with Crippen LogP contribution in [0.1, 0.15) is 34.8 Å². The Morgan fingerprint density at radius 3 is 2.62 bits per heavy atom. The first-order valence-electron chi connectivity index (χ1n) is 8.54. The fourth-order valence-electron chi connectivity index (χ4n) is 2.86. The molecule has 1 aliphatic heterocycles. The third-order valence-corrected chi connectivity index (χ3v) is 4.33. The van der Waals surface area contributed by atoms with E-state index in [0.717, 1.165) is 0 Å². The van der Waals surface area contributed by atoms with Gasteiger partial charge in [-0.3, -0.25) is 4.79 Å². The molecule has 0 radical (unpaired) electrons. The molecule has 1 atom stereocenters. The molecule has 1 heterocycles. The van der Waals surface area contributed by atoms with Crippen LogP contribution in [-0.4, -0.2) is 33.6 Å². The molecule has 0 bridgehead atoms. The molecule has 1 unspecified atom stereocenters. The van der Waals surface area contributed by atoms with Crippen LogP contribution >= 0.6 is 0 Å². The summed E-state index contributed by atoms with van der Waals surface area (Å²) in [7, 11) is 0. The minimum atomic E-state index is -5.06. The second-order valence-corrected chi connectivity index (χ2v) is 6.57. The summed E-state index contributed by atoms with van der Waals surface area (Å²) in [5.74, 6) is -0.575. The number of amides is 1. The summed E-state index contributed by atoms with van der Waals surface area (Å²) in [6.07, 6.45) is -5.86. The molecule has 3 rings (SSSR count). The molecule has 0 spiro atoms. The SMILES string of the molecule is CC1=NN(C(=O)c2cccc(COc3ccc(C#N)cc3)c2)C(O)(C(F)(F)F)C1. The molecule has 150 valence electrons. The van der Waals surface area contributed by atoms with Crippen LogP contribution in [0.4, 0.5) is 13.2 Å². The molecule has 1 N–H and O–H groups in total. The molecular weight excluding hydrogens is 387 g/mol. The van der Waals surface area contributed by atoms with Gasteiger partial charge in [0.05, 0.1) is 11.6 Å². The molecule has 2 aromatic carbocycles. The highest BCUT2D eigenvalue weighted by Gasteiger charge is 2.62. The van der Waals surface area contributed by atoms with Crippen LogP contribution in [-0.2, 0) is 6.61 Å². The maximum atomic E-state index is 13.3. The predicted octanol–water partition coefficient (Wildman–Crippen LogP) is 3.61. The number of nitriles is 1. The van der Waals surface area contributed by atoms with Crippen molar-refractivity contribution in [2.75, 3.05) is 0 Å². The minimum Gasteiger partial charge on any atom is -0.489 e. The van der Waals surface area contributed by atoms with Crippen LogP contribution < -0.4 is 4.74 Å². The normalized spacial score (nSPS) is 18.9. The quantitative estimate of drug-likeness (QED) is 0.845. The van der Waals surface area contributed by atoms with Crippen LogP contribution in [0.3, 0.4) is 0 Å². The van der Waals surface area contributed by atoms with E-state index in [2.05, 4.69) is 5.10 Å². The van der Waals surface area contributed by atoms with E-state index in [9.17, 15) is 23.1 Å². The second-order valence-electron chi connectivity index (χ2n) is 6.57. The van der Waals surface area contributed by atoms with Crippen molar-refractivity contribution in [3.63, 3.8) is 0 Å². The van der Waals surface area contributed by atoms with Gasteiger partial charge < -0.3 is 9.84 Å². The highest BCUT2D eigenvalue weighted by Crippen LogP contribution is 2.40. The average Bonchev–Trinajstić information content (AvgIpc) is 3.02. The van der Waals surface area contributed by atoms with Gasteiger partial charge in [0.1, 0.15) is 12.4 Å². The Kier molecular flexibility index (Phi) is 5.31. The molecule has 1 amide bonds. The first-order valence-corrected chi connectivity index (χ1v) is 8.54. The third kappa shape index (κ3) is 4.07. The van der Waals surface area contributed by atoms with E-state index in [1.165, 1.54) is 25.1 Å². The van der Waals surface area contributed by atoms with Crippen molar-refractivity contribution in [3.05, 3.63) is 65.2 Å². The summed E-state index contributed by atoms with van der Waals surface area (Å²) in [5, 5.41) is 22.5. The molecule has 1 aliphatic rings. The first kappa shape index (κ1) is 20.4. The zero-order valence-electron chi connectivity index (χ0n) is 15.3. The number of nitrogens with zero attached hydrogens (tertiary/aromatic N) is 3. The van der Waals surface area contributed by atoms with E-state index < -0.39 is 24.2 Å². The van der Waals surface area contributed by atoms with Crippen molar-refractivity contribution in [1.82, 2.24) is 5.01 Å². The van der Waals surface area contributed by atoms with Gasteiger partial charge in [0, 0.05) is 17.7 Å². The summed E-state index contributed by atoms with van der Waals surface area (Å²) in [4.78, 5) is 12.6. The highest BCUT2D eigenvalue weighted by molar-refractivity contribution is 5.98. The Morgan fingerprint density at radius 1 is 1.31 bits per heavy atom. The van der Waals surface area contributed by atoms with Crippen LogP contribution in [0.2, 0.25) is 0 Å². The van der Waals surface area contributed by atoms with Crippen LogP contribution in [0.15, 0.2) is 53.6 Å². The smallest absolute Gasteiger partial charge is 0.438 e. The topological polar surface area (TPSA) is 85.9 Å². The van der Waals surface area contributed by atoms with Crippen LogP contribution in [0.25, 0.3) is 0 Å². The Labute approximate surface area is 164 Å². The number of carbonyl (C=O) groups excluding carboxylic acids is 1. The number of benzene rings is 2. The molecule has 9 heteroatoms. The Morgan fingerprint density at radius 2 is 2.00 bits per heavy atom. The van der Waals surface area contributed by atoms with Gasteiger partial charge in [0.15, 0.2) is 0 Å². The third-order valence-electron chi connectivity index (χ3n) is 4.33. The minimum absolute atomic E-state index is 0.00141. The molecule has 0 aromatic heterocycles. The summed E-state index contributed by atoms with van der Waals surface area (Å²) in [6, 6.07) is 14.2. The lowest BCUT2D eigenvalue weighted by Gasteiger charge is -2.32. The lowest BCUT2D eigenvalue weighted by Crippen LogP contribution is -2.56. The number of hydrogen-bond acceptors (Lipinski definition) is 5. The molecule has 6 nitrogen and oxygen atoms in total. The lowest BCUT2D eigenvalue weighted by molar-refractivity contribution is -0.297. The molecule has 0 fully saturated rings. The summed E-state index contributed by atoms with van der Waals surface area (Å²) in [6.45, 7) is 1.37. The monoisotopic (exact) mass is 403 g/mol. The Bertz CT molecular complexity index is 997. The summed E-state index contributed by atoms with van der Waals surface area (Å²) >= 11 is 0. The van der Waals surface area contributed by atoms with Gasteiger partial charge in [-0.2, -0.15) is 28.5 Å². The Balaban J connectivity index is 1.78. The van der Waals surface area contributed by atoms with E-state index >= 15 is 0 Å². The molecule has 0 saturated heterocycles. The summed E-state index contributed by atoms with van der Waals surface area (Å²) in [5.41, 5.74) is -2.42. The molecule has 0 saturated carbocycles. The van der Waals surface area contributed by atoms with Gasteiger partial charge in [-0.15, -0.1) is 0 Å². The van der Waals surface area contributed by atoms with Gasteiger partial charge >= 0.3 is 6.18 Å². The second kappa shape index (κ2) is 7.56. The van der Waals surface area contributed by atoms with Crippen molar-refractivity contribution in [1.29, 1.82) is 5.26 Å². The zero-order valence-corrected chi connectivity index (χ0v) is 15.3. The maximum Gasteiger partial charge on any atom is 0.438 e. The first-order chi connectivity index (χ1) is 13.6. The van der Waals surface area contributed by atoms with Crippen molar-refractivity contribution < 1.29 is 27.8 Å².